The molecule has 0 amide bonds. The summed E-state index contributed by atoms with van der Waals surface area (Å²) in [5, 5.41) is 1.66. The van der Waals surface area contributed by atoms with Gasteiger partial charge in [-0.15, -0.1) is 0 Å². The van der Waals surface area contributed by atoms with E-state index in [-0.39, 0.29) is 0 Å². The molecule has 0 bridgehead atoms. The van der Waals surface area contributed by atoms with Crippen molar-refractivity contribution in [1.82, 2.24) is 9.55 Å². The van der Waals surface area contributed by atoms with Crippen molar-refractivity contribution in [3.63, 3.8) is 0 Å². The normalized spacial score (nSPS) is 16.1. The number of rotatable bonds is 0. The molecule has 0 radical (unpaired) electrons. The van der Waals surface area contributed by atoms with Crippen LogP contribution < -0.4 is 0 Å². The lowest BCUT2D eigenvalue weighted by atomic mass is 10.7. The molecule has 1 aromatic rings. The third kappa shape index (κ3) is 0.843. The van der Waals surface area contributed by atoms with Gasteiger partial charge < -0.3 is 4.57 Å². The van der Waals surface area contributed by atoms with Gasteiger partial charge in [-0.2, -0.15) is 0 Å². The lowest BCUT2D eigenvalue weighted by Gasteiger charge is -1.86. The molecular formula is C5H5ClN2S. The molecule has 2 nitrogen and oxygen atoms in total. The molecule has 48 valence electrons. The Bertz CT molecular complexity index is 211. The summed E-state index contributed by atoms with van der Waals surface area (Å²) in [6, 6.07) is 0. The summed E-state index contributed by atoms with van der Waals surface area (Å²) in [4.78, 5) is 4.08. The average molecular weight is 161 g/mol. The molecule has 1 aliphatic rings. The maximum atomic E-state index is 5.63. The first-order valence-electron chi connectivity index (χ1n) is 2.72. The fraction of sp³-hybridized carbons (Fsp3) is 0.400. The van der Waals surface area contributed by atoms with Crippen molar-refractivity contribution >= 4 is 23.4 Å². The van der Waals surface area contributed by atoms with Crippen LogP contribution in [0.3, 0.4) is 0 Å². The van der Waals surface area contributed by atoms with E-state index in [1.165, 1.54) is 0 Å². The highest BCUT2D eigenvalue weighted by Crippen LogP contribution is 2.25. The van der Waals surface area contributed by atoms with E-state index in [2.05, 4.69) is 9.55 Å². The number of aryl methyl sites for hydroxylation is 1. The Hall–Kier alpha value is -0.150. The fourth-order valence-corrected chi connectivity index (χ4v) is 2.07. The van der Waals surface area contributed by atoms with Crippen molar-refractivity contribution in [3.8, 4) is 0 Å². The van der Waals surface area contributed by atoms with Gasteiger partial charge in [-0.3, -0.25) is 0 Å². The minimum atomic E-state index is 0.609. The van der Waals surface area contributed by atoms with Gasteiger partial charge in [0.15, 0.2) is 5.16 Å². The van der Waals surface area contributed by atoms with Crippen LogP contribution in [0.4, 0.5) is 0 Å². The number of fused-ring (bicyclic) bond motifs is 1. The second-order valence-corrected chi connectivity index (χ2v) is 3.34. The van der Waals surface area contributed by atoms with E-state index >= 15 is 0 Å². The molecule has 0 saturated heterocycles. The van der Waals surface area contributed by atoms with E-state index in [0.29, 0.717) is 5.15 Å². The van der Waals surface area contributed by atoms with Gasteiger partial charge in [-0.1, -0.05) is 23.4 Å². The van der Waals surface area contributed by atoms with E-state index in [1.807, 2.05) is 6.20 Å². The van der Waals surface area contributed by atoms with Gasteiger partial charge in [0.1, 0.15) is 5.15 Å². The van der Waals surface area contributed by atoms with Crippen molar-refractivity contribution in [2.45, 2.75) is 11.7 Å². The highest BCUT2D eigenvalue weighted by molar-refractivity contribution is 7.99. The summed E-state index contributed by atoms with van der Waals surface area (Å²) < 4.78 is 2.08. The molecule has 0 aliphatic carbocycles. The monoisotopic (exact) mass is 160 g/mol. The van der Waals surface area contributed by atoms with Gasteiger partial charge in [-0.25, -0.2) is 4.98 Å². The Morgan fingerprint density at radius 2 is 2.67 bits per heavy atom. The highest BCUT2D eigenvalue weighted by Gasteiger charge is 2.12. The van der Waals surface area contributed by atoms with Crippen LogP contribution in [0.5, 0.6) is 0 Å². The molecule has 0 saturated carbocycles. The molecule has 0 fully saturated rings. The van der Waals surface area contributed by atoms with Crippen molar-refractivity contribution in [1.29, 1.82) is 0 Å². The predicted octanol–water partition coefficient (Wildman–Crippen LogP) is 1.64. The highest BCUT2D eigenvalue weighted by atomic mass is 35.5. The number of thioether (sulfide) groups is 1. The molecule has 0 atom stereocenters. The Labute approximate surface area is 62.2 Å². The second kappa shape index (κ2) is 1.92. The number of aromatic nitrogens is 2. The molecule has 0 spiro atoms. The van der Waals surface area contributed by atoms with Gasteiger partial charge in [0.25, 0.3) is 0 Å². The molecule has 9 heavy (non-hydrogen) atoms. The van der Waals surface area contributed by atoms with Crippen LogP contribution in [0, 0.1) is 0 Å². The summed E-state index contributed by atoms with van der Waals surface area (Å²) in [6.45, 7) is 1.06. The third-order valence-corrected chi connectivity index (χ3v) is 2.43. The second-order valence-electron chi connectivity index (χ2n) is 1.89. The van der Waals surface area contributed by atoms with E-state index in [1.54, 1.807) is 11.8 Å². The summed E-state index contributed by atoms with van der Waals surface area (Å²) in [7, 11) is 0. The SMILES string of the molecule is Clc1cn2c(n1)SCC2. The van der Waals surface area contributed by atoms with E-state index in [9.17, 15) is 0 Å². The Kier molecular flexibility index (Phi) is 1.20. The molecule has 0 N–H and O–H groups in total. The summed E-state index contributed by atoms with van der Waals surface area (Å²) in [5.41, 5.74) is 0. The van der Waals surface area contributed by atoms with Gasteiger partial charge in [0.2, 0.25) is 0 Å². The van der Waals surface area contributed by atoms with Crippen LogP contribution in [0.1, 0.15) is 0 Å². The smallest absolute Gasteiger partial charge is 0.169 e. The zero-order chi connectivity index (χ0) is 6.27. The molecule has 2 heterocycles. The van der Waals surface area contributed by atoms with E-state index in [4.69, 9.17) is 11.6 Å². The number of hydrogen-bond acceptors (Lipinski definition) is 2. The van der Waals surface area contributed by atoms with E-state index < -0.39 is 0 Å². The summed E-state index contributed by atoms with van der Waals surface area (Å²) >= 11 is 7.39. The van der Waals surface area contributed by atoms with Gasteiger partial charge >= 0.3 is 0 Å². The minimum absolute atomic E-state index is 0.609. The minimum Gasteiger partial charge on any atom is -0.324 e. The third-order valence-electron chi connectivity index (χ3n) is 1.27. The molecule has 0 aromatic carbocycles. The lowest BCUT2D eigenvalue weighted by Crippen LogP contribution is -1.88. The predicted molar refractivity (Wildman–Crippen MR) is 38.0 cm³/mol. The van der Waals surface area contributed by atoms with Crippen LogP contribution in [0.15, 0.2) is 11.4 Å². The zero-order valence-corrected chi connectivity index (χ0v) is 6.24. The van der Waals surface area contributed by atoms with Crippen LogP contribution >= 0.6 is 23.4 Å². The Morgan fingerprint density at radius 1 is 1.78 bits per heavy atom. The lowest BCUT2D eigenvalue weighted by molar-refractivity contribution is 0.719. The number of hydrogen-bond donors (Lipinski definition) is 0. The molecule has 1 aliphatic heterocycles. The number of halogens is 1. The fourth-order valence-electron chi connectivity index (χ4n) is 0.879. The Morgan fingerprint density at radius 3 is 3.44 bits per heavy atom. The number of nitrogens with zero attached hydrogens (tertiary/aromatic N) is 2. The zero-order valence-electron chi connectivity index (χ0n) is 4.67. The molecule has 4 heteroatoms. The first-order valence-corrected chi connectivity index (χ1v) is 4.08. The van der Waals surface area contributed by atoms with Crippen LogP contribution in [-0.2, 0) is 6.54 Å². The maximum absolute atomic E-state index is 5.63. The number of imidazole rings is 1. The quantitative estimate of drug-likeness (QED) is 0.575. The maximum Gasteiger partial charge on any atom is 0.169 e. The van der Waals surface area contributed by atoms with Crippen molar-refractivity contribution < 1.29 is 0 Å². The topological polar surface area (TPSA) is 17.8 Å². The van der Waals surface area contributed by atoms with Gasteiger partial charge in [0, 0.05) is 18.5 Å². The molecule has 2 rings (SSSR count). The van der Waals surface area contributed by atoms with Gasteiger partial charge in [0.05, 0.1) is 0 Å². The standard InChI is InChI=1S/C5H5ClN2S/c6-4-3-8-1-2-9-5(8)7-4/h3H,1-2H2. The summed E-state index contributed by atoms with van der Waals surface area (Å²) in [6.07, 6.45) is 1.87. The summed E-state index contributed by atoms with van der Waals surface area (Å²) in [5.74, 6) is 1.14. The van der Waals surface area contributed by atoms with Crippen molar-refractivity contribution in [2.24, 2.45) is 0 Å². The Balaban J connectivity index is 2.51. The van der Waals surface area contributed by atoms with E-state index in [0.717, 1.165) is 17.5 Å². The first kappa shape index (κ1) is 5.62. The first-order chi connectivity index (χ1) is 4.36. The van der Waals surface area contributed by atoms with Crippen molar-refractivity contribution in [3.05, 3.63) is 11.3 Å². The van der Waals surface area contributed by atoms with Crippen LogP contribution in [-0.4, -0.2) is 15.3 Å². The van der Waals surface area contributed by atoms with Crippen LogP contribution in [0.25, 0.3) is 0 Å². The largest absolute Gasteiger partial charge is 0.324 e. The molecule has 0 unspecified atom stereocenters. The van der Waals surface area contributed by atoms with Gasteiger partial charge in [-0.05, 0) is 0 Å². The molecular weight excluding hydrogens is 156 g/mol. The van der Waals surface area contributed by atoms with Crippen LogP contribution in [0.2, 0.25) is 5.15 Å². The average Bonchev–Trinajstić information content (AvgIpc) is 2.22. The van der Waals surface area contributed by atoms with Crippen molar-refractivity contribution in [2.75, 3.05) is 5.75 Å². The molecule has 1 aromatic heterocycles.